The summed E-state index contributed by atoms with van der Waals surface area (Å²) in [4.78, 5) is 29.8. The van der Waals surface area contributed by atoms with Crippen molar-refractivity contribution in [1.29, 1.82) is 0 Å². The molecule has 0 spiro atoms. The van der Waals surface area contributed by atoms with E-state index in [0.29, 0.717) is 31.2 Å². The summed E-state index contributed by atoms with van der Waals surface area (Å²) in [6, 6.07) is 4.77. The van der Waals surface area contributed by atoms with E-state index >= 15 is 0 Å². The fourth-order valence-electron chi connectivity index (χ4n) is 4.18. The van der Waals surface area contributed by atoms with Gasteiger partial charge in [-0.2, -0.15) is 0 Å². The van der Waals surface area contributed by atoms with Gasteiger partial charge in [0.05, 0.1) is 25.3 Å². The van der Waals surface area contributed by atoms with Gasteiger partial charge in [-0.15, -0.1) is 0 Å². The van der Waals surface area contributed by atoms with E-state index in [4.69, 9.17) is 9.47 Å². The molecule has 164 valence electrons. The van der Waals surface area contributed by atoms with Crippen molar-refractivity contribution < 1.29 is 24.2 Å². The number of ketones is 1. The van der Waals surface area contributed by atoms with E-state index in [0.717, 1.165) is 31.5 Å². The summed E-state index contributed by atoms with van der Waals surface area (Å²) in [5, 5.41) is 10.6. The summed E-state index contributed by atoms with van der Waals surface area (Å²) >= 11 is 0. The molecule has 2 heterocycles. The molecule has 1 N–H and O–H groups in total. The van der Waals surface area contributed by atoms with Crippen LogP contribution in [0.3, 0.4) is 0 Å². The smallest absolute Gasteiger partial charge is 0.290 e. The minimum absolute atomic E-state index is 0.169. The monoisotopic (exact) mass is 416 g/mol. The van der Waals surface area contributed by atoms with Crippen LogP contribution in [-0.2, 0) is 9.59 Å². The van der Waals surface area contributed by atoms with Crippen LogP contribution in [0.4, 0.5) is 0 Å². The molecule has 0 saturated carbocycles. The molecule has 2 aliphatic rings. The zero-order chi connectivity index (χ0) is 21.8. The lowest BCUT2D eigenvalue weighted by Gasteiger charge is -2.29. The second-order valence-electron chi connectivity index (χ2n) is 8.07. The zero-order valence-corrected chi connectivity index (χ0v) is 18.3. The number of ether oxygens (including phenoxy) is 2. The number of aliphatic hydroxyl groups excluding tert-OH is 1. The van der Waals surface area contributed by atoms with Crippen LogP contribution >= 0.6 is 0 Å². The average Bonchev–Trinajstić information content (AvgIpc) is 3.33. The van der Waals surface area contributed by atoms with Gasteiger partial charge in [0, 0.05) is 19.0 Å². The van der Waals surface area contributed by atoms with E-state index in [1.165, 1.54) is 0 Å². The summed E-state index contributed by atoms with van der Waals surface area (Å²) in [5.41, 5.74) is 0.890. The fourth-order valence-corrected chi connectivity index (χ4v) is 4.18. The quantitative estimate of drug-likeness (QED) is 0.666. The number of nitrogens with zero attached hydrogens (tertiary/aromatic N) is 2. The highest BCUT2D eigenvalue weighted by Gasteiger charge is 2.44. The van der Waals surface area contributed by atoms with Gasteiger partial charge in [0.1, 0.15) is 0 Å². The predicted molar refractivity (Wildman–Crippen MR) is 114 cm³/mol. The molecule has 2 aliphatic heterocycles. The van der Waals surface area contributed by atoms with Crippen LogP contribution in [0.1, 0.15) is 45.2 Å². The van der Waals surface area contributed by atoms with Crippen LogP contribution in [-0.4, -0.2) is 66.5 Å². The van der Waals surface area contributed by atoms with Crippen molar-refractivity contribution in [3.05, 3.63) is 35.1 Å². The standard InChI is InChI=1S/C23H32N2O5/c1-5-30-17-9-8-16(14-18(17)29-4)20-19(21(26)15(2)3)22(27)23(28)25(20)13-12-24-10-6-7-11-24/h8-9,14-15,20,27H,5-7,10-13H2,1-4H3. The van der Waals surface area contributed by atoms with Gasteiger partial charge < -0.3 is 24.4 Å². The first-order valence-corrected chi connectivity index (χ1v) is 10.7. The third kappa shape index (κ3) is 4.31. The number of methoxy groups -OCH3 is 1. The Balaban J connectivity index is 1.98. The Morgan fingerprint density at radius 3 is 2.50 bits per heavy atom. The molecule has 1 saturated heterocycles. The number of benzene rings is 1. The van der Waals surface area contributed by atoms with Gasteiger partial charge in [0.2, 0.25) is 0 Å². The molecule has 1 atom stereocenters. The summed E-state index contributed by atoms with van der Waals surface area (Å²) in [6.07, 6.45) is 2.32. The van der Waals surface area contributed by atoms with E-state index < -0.39 is 17.7 Å². The molecule has 3 rings (SSSR count). The Kier molecular flexibility index (Phi) is 7.02. The number of aliphatic hydroxyl groups is 1. The van der Waals surface area contributed by atoms with Gasteiger partial charge in [-0.05, 0) is 50.6 Å². The highest BCUT2D eigenvalue weighted by molar-refractivity contribution is 6.09. The molecular formula is C23H32N2O5. The zero-order valence-electron chi connectivity index (χ0n) is 18.3. The number of likely N-dealkylation sites (tertiary alicyclic amines) is 1. The van der Waals surface area contributed by atoms with Crippen molar-refractivity contribution in [2.24, 2.45) is 5.92 Å². The number of rotatable bonds is 9. The number of Topliss-reactive ketones (excluding diaryl/α,β-unsaturated/α-hetero) is 1. The van der Waals surface area contributed by atoms with Crippen LogP contribution in [0, 0.1) is 5.92 Å². The minimum Gasteiger partial charge on any atom is -0.503 e. The highest BCUT2D eigenvalue weighted by Crippen LogP contribution is 2.41. The Morgan fingerprint density at radius 2 is 1.90 bits per heavy atom. The van der Waals surface area contributed by atoms with E-state index in [1.807, 2.05) is 13.0 Å². The molecule has 7 heteroatoms. The van der Waals surface area contributed by atoms with Crippen LogP contribution in [0.2, 0.25) is 0 Å². The molecule has 0 bridgehead atoms. The van der Waals surface area contributed by atoms with Gasteiger partial charge in [-0.25, -0.2) is 0 Å². The van der Waals surface area contributed by atoms with Crippen LogP contribution in [0.15, 0.2) is 29.5 Å². The Labute approximate surface area is 178 Å². The van der Waals surface area contributed by atoms with E-state index in [1.54, 1.807) is 38.0 Å². The maximum absolute atomic E-state index is 13.0. The lowest BCUT2D eigenvalue weighted by molar-refractivity contribution is -0.129. The van der Waals surface area contributed by atoms with Crippen molar-refractivity contribution in [2.75, 3.05) is 39.9 Å². The molecule has 1 aromatic carbocycles. The number of carbonyl (C=O) groups is 2. The van der Waals surface area contributed by atoms with Gasteiger partial charge in [0.25, 0.3) is 5.91 Å². The van der Waals surface area contributed by atoms with Gasteiger partial charge in [-0.3, -0.25) is 9.59 Å². The van der Waals surface area contributed by atoms with Crippen molar-refractivity contribution in [3.63, 3.8) is 0 Å². The number of amides is 1. The number of carbonyl (C=O) groups excluding carboxylic acids is 2. The topological polar surface area (TPSA) is 79.3 Å². The first-order valence-electron chi connectivity index (χ1n) is 10.7. The van der Waals surface area contributed by atoms with Gasteiger partial charge in [0.15, 0.2) is 23.0 Å². The second-order valence-corrected chi connectivity index (χ2v) is 8.07. The number of hydrogen-bond donors (Lipinski definition) is 1. The third-order valence-electron chi connectivity index (χ3n) is 5.75. The minimum atomic E-state index is -0.639. The molecule has 1 unspecified atom stereocenters. The average molecular weight is 417 g/mol. The van der Waals surface area contributed by atoms with E-state index in [2.05, 4.69) is 4.90 Å². The lowest BCUT2D eigenvalue weighted by atomic mass is 9.91. The summed E-state index contributed by atoms with van der Waals surface area (Å²) in [7, 11) is 1.56. The van der Waals surface area contributed by atoms with E-state index in [9.17, 15) is 14.7 Å². The molecule has 1 aromatic rings. The third-order valence-corrected chi connectivity index (χ3v) is 5.75. The maximum atomic E-state index is 13.0. The second kappa shape index (κ2) is 9.51. The molecule has 0 radical (unpaired) electrons. The normalized spacial score (nSPS) is 19.8. The Bertz CT molecular complexity index is 827. The van der Waals surface area contributed by atoms with Crippen LogP contribution in [0.5, 0.6) is 11.5 Å². The van der Waals surface area contributed by atoms with E-state index in [-0.39, 0.29) is 17.3 Å². The molecular weight excluding hydrogens is 384 g/mol. The molecule has 7 nitrogen and oxygen atoms in total. The molecule has 30 heavy (non-hydrogen) atoms. The largest absolute Gasteiger partial charge is 0.503 e. The van der Waals surface area contributed by atoms with Gasteiger partial charge in [-0.1, -0.05) is 19.9 Å². The molecule has 0 aromatic heterocycles. The maximum Gasteiger partial charge on any atom is 0.290 e. The first kappa shape index (κ1) is 22.2. The predicted octanol–water partition coefficient (Wildman–Crippen LogP) is 3.11. The fraction of sp³-hybridized carbons (Fsp3) is 0.565. The SMILES string of the molecule is CCOc1ccc(C2C(C(=O)C(C)C)=C(O)C(=O)N2CCN2CCCC2)cc1OC. The van der Waals surface area contributed by atoms with Crippen LogP contribution in [0.25, 0.3) is 0 Å². The van der Waals surface area contributed by atoms with Gasteiger partial charge >= 0.3 is 0 Å². The molecule has 1 amide bonds. The molecule has 1 fully saturated rings. The Morgan fingerprint density at radius 1 is 1.20 bits per heavy atom. The summed E-state index contributed by atoms with van der Waals surface area (Å²) in [5.74, 6) is -0.349. The van der Waals surface area contributed by atoms with Crippen molar-refractivity contribution in [3.8, 4) is 11.5 Å². The summed E-state index contributed by atoms with van der Waals surface area (Å²) in [6.45, 7) is 9.12. The van der Waals surface area contributed by atoms with Crippen molar-refractivity contribution in [2.45, 2.75) is 39.7 Å². The molecule has 0 aliphatic carbocycles. The Hall–Kier alpha value is -2.54. The first-order chi connectivity index (χ1) is 14.4. The number of hydrogen-bond acceptors (Lipinski definition) is 6. The van der Waals surface area contributed by atoms with Crippen molar-refractivity contribution >= 4 is 11.7 Å². The van der Waals surface area contributed by atoms with Crippen molar-refractivity contribution in [1.82, 2.24) is 9.80 Å². The van der Waals surface area contributed by atoms with Crippen LogP contribution < -0.4 is 9.47 Å². The summed E-state index contributed by atoms with van der Waals surface area (Å²) < 4.78 is 11.1. The lowest BCUT2D eigenvalue weighted by Crippen LogP contribution is -2.38. The highest BCUT2D eigenvalue weighted by atomic mass is 16.5.